The second-order valence-electron chi connectivity index (χ2n) is 15.3. The molecule has 354 valence electrons. The summed E-state index contributed by atoms with van der Waals surface area (Å²) in [5.41, 5.74) is 1.75. The van der Waals surface area contributed by atoms with Gasteiger partial charge in [-0.3, -0.25) is 28.7 Å². The third-order valence-electron chi connectivity index (χ3n) is 10.3. The lowest BCUT2D eigenvalue weighted by Gasteiger charge is -2.31. The monoisotopic (exact) mass is 926 g/mol. The van der Waals surface area contributed by atoms with Crippen molar-refractivity contribution in [3.63, 3.8) is 0 Å². The molecule has 2 aliphatic heterocycles. The normalized spacial score (nSPS) is 17.0. The molecule has 0 aliphatic carbocycles. The van der Waals surface area contributed by atoms with Gasteiger partial charge in [0.15, 0.2) is 5.52 Å². The molecule has 22 nitrogen and oxygen atoms in total. The first-order chi connectivity index (χ1) is 30.9. The van der Waals surface area contributed by atoms with Gasteiger partial charge in [0.25, 0.3) is 5.56 Å². The number of aromatic amines is 1. The van der Waals surface area contributed by atoms with Gasteiger partial charge in [0.1, 0.15) is 29.2 Å². The molecule has 0 saturated carbocycles. The number of H-pyrrole nitrogens is 1. The number of carbonyl (C=O) groups is 6. The Morgan fingerprint density at radius 2 is 1.38 bits per heavy atom. The Labute approximate surface area is 375 Å². The number of nitrogens with zero attached hydrogens (tertiary/aromatic N) is 5. The number of likely N-dealkylation sites (N-methyl/N-ethyl adjacent to an activating group) is 1. The first-order valence-electron chi connectivity index (χ1n) is 21.3. The van der Waals surface area contributed by atoms with Crippen LogP contribution < -0.4 is 31.6 Å². The molecular formula is C42H58N10O12S. The lowest BCUT2D eigenvalue weighted by molar-refractivity contribution is -0.137. The molecule has 7 N–H and O–H groups in total. The lowest BCUT2D eigenvalue weighted by Crippen LogP contribution is -2.61. The van der Waals surface area contributed by atoms with E-state index in [0.717, 1.165) is 36.4 Å². The second kappa shape index (κ2) is 24.6. The van der Waals surface area contributed by atoms with Gasteiger partial charge in [0.05, 0.1) is 22.8 Å². The van der Waals surface area contributed by atoms with Crippen molar-refractivity contribution >= 4 is 56.6 Å². The summed E-state index contributed by atoms with van der Waals surface area (Å²) in [6, 6.07) is 3.41. The molecule has 1 aromatic carbocycles. The Morgan fingerprint density at radius 3 is 1.89 bits per heavy atom. The van der Waals surface area contributed by atoms with Crippen LogP contribution in [0.5, 0.6) is 5.75 Å². The van der Waals surface area contributed by atoms with E-state index < -0.39 is 45.9 Å². The van der Waals surface area contributed by atoms with Gasteiger partial charge < -0.3 is 46.1 Å². The number of hydrogen-bond acceptors (Lipinski definition) is 13. The number of carboxylic acid groups (broad SMARTS) is 2. The van der Waals surface area contributed by atoms with E-state index in [1.165, 1.54) is 8.99 Å². The number of rotatable bonds is 21. The summed E-state index contributed by atoms with van der Waals surface area (Å²) in [6.45, 7) is 7.11. The molecular weight excluding hydrogens is 869 g/mol. The summed E-state index contributed by atoms with van der Waals surface area (Å²) >= 11 is 0. The molecule has 4 amide bonds. The zero-order valence-corrected chi connectivity index (χ0v) is 37.7. The van der Waals surface area contributed by atoms with Gasteiger partial charge in [0.2, 0.25) is 33.7 Å². The number of benzene rings is 1. The summed E-state index contributed by atoms with van der Waals surface area (Å²) in [6.07, 6.45) is 7.93. The number of piperazine rings is 2. The zero-order chi connectivity index (χ0) is 47.7. The number of amides is 4. The van der Waals surface area contributed by atoms with Crippen LogP contribution in [0.2, 0.25) is 0 Å². The van der Waals surface area contributed by atoms with Crippen LogP contribution in [-0.4, -0.2) is 148 Å². The molecule has 2 atom stereocenters. The minimum Gasteiger partial charge on any atom is -0.493 e. The van der Waals surface area contributed by atoms with Crippen LogP contribution in [0.1, 0.15) is 64.5 Å². The van der Waals surface area contributed by atoms with Gasteiger partial charge in [-0.15, -0.1) is 0 Å². The number of aromatic nitrogens is 4. The first-order valence-corrected chi connectivity index (χ1v) is 22.8. The molecule has 23 heteroatoms. The van der Waals surface area contributed by atoms with Crippen LogP contribution in [0.4, 0.5) is 0 Å². The third kappa shape index (κ3) is 15.1. The van der Waals surface area contributed by atoms with E-state index in [4.69, 9.17) is 19.9 Å². The fraction of sp³-hybridized carbons (Fsp3) is 0.500. The number of carbonyl (C=O) groups excluding carboxylic acids is 4. The van der Waals surface area contributed by atoms with E-state index in [0.29, 0.717) is 113 Å². The maximum absolute atomic E-state index is 13.3. The van der Waals surface area contributed by atoms with Crippen LogP contribution in [-0.2, 0) is 52.3 Å². The highest BCUT2D eigenvalue weighted by Crippen LogP contribution is 2.32. The Hall–Kier alpha value is -6.46. The molecule has 0 spiro atoms. The van der Waals surface area contributed by atoms with Crippen LogP contribution in [0.25, 0.3) is 22.4 Å². The fourth-order valence-electron chi connectivity index (χ4n) is 6.96. The number of aryl methyl sites for hydroxylation is 2. The van der Waals surface area contributed by atoms with E-state index in [9.17, 15) is 42.0 Å². The predicted octanol–water partition coefficient (Wildman–Crippen LogP) is 0.435. The summed E-state index contributed by atoms with van der Waals surface area (Å²) in [7, 11) is -0.00831. The van der Waals surface area contributed by atoms with Crippen molar-refractivity contribution in [2.45, 2.75) is 82.2 Å². The SMILES string of the molecule is CCCc1nn(C)c2c(=O)[nH]c(-c3cc(S(=O)(=O)N4CCN(C)CC4)ccc3OCC)nc12.O=C(O)/C=C/C(=O)NCCCCC1NC(=O)C(CCCCNC(=O)/C=C/C(=O)O)NC1=O. The van der Waals surface area contributed by atoms with Gasteiger partial charge in [-0.25, -0.2) is 23.0 Å². The van der Waals surface area contributed by atoms with Crippen molar-refractivity contribution in [2.24, 2.45) is 7.05 Å². The Kier molecular flexibility index (Phi) is 19.3. The fourth-order valence-corrected chi connectivity index (χ4v) is 8.41. The summed E-state index contributed by atoms with van der Waals surface area (Å²) in [5.74, 6) is -3.31. The number of unbranched alkanes of at least 4 members (excludes halogenated alkanes) is 2. The van der Waals surface area contributed by atoms with Gasteiger partial charge >= 0.3 is 11.9 Å². The highest BCUT2D eigenvalue weighted by atomic mass is 32.2. The molecule has 4 heterocycles. The maximum Gasteiger partial charge on any atom is 0.328 e. The third-order valence-corrected chi connectivity index (χ3v) is 12.2. The zero-order valence-electron chi connectivity index (χ0n) is 36.9. The van der Waals surface area contributed by atoms with E-state index in [2.05, 4.69) is 36.2 Å². The Bertz CT molecular complexity index is 2360. The minimum atomic E-state index is -3.70. The van der Waals surface area contributed by atoms with E-state index in [1.54, 1.807) is 25.2 Å². The maximum atomic E-state index is 13.3. The largest absolute Gasteiger partial charge is 0.493 e. The molecule has 3 aromatic rings. The summed E-state index contributed by atoms with van der Waals surface area (Å²) in [5, 5.41) is 31.7. The average Bonchev–Trinajstić information content (AvgIpc) is 3.58. The van der Waals surface area contributed by atoms with Crippen molar-refractivity contribution < 1.29 is 52.1 Å². The topological polar surface area (TPSA) is 304 Å². The highest BCUT2D eigenvalue weighted by Gasteiger charge is 2.33. The van der Waals surface area contributed by atoms with E-state index >= 15 is 0 Å². The molecule has 0 radical (unpaired) electrons. The number of sulfonamides is 1. The number of fused-ring (bicyclic) bond motifs is 1. The first kappa shape index (κ1) is 51.2. The van der Waals surface area contributed by atoms with E-state index in [1.807, 2.05) is 20.9 Å². The van der Waals surface area contributed by atoms with Gasteiger partial charge in [0, 0.05) is 70.6 Å². The lowest BCUT2D eigenvalue weighted by atomic mass is 10.0. The average molecular weight is 927 g/mol. The van der Waals surface area contributed by atoms with Crippen molar-refractivity contribution in [3.8, 4) is 17.1 Å². The number of ether oxygens (including phenoxy) is 1. The molecule has 2 aliphatic rings. The summed E-state index contributed by atoms with van der Waals surface area (Å²) in [4.78, 5) is 90.4. The molecule has 0 bridgehead atoms. The smallest absolute Gasteiger partial charge is 0.328 e. The predicted molar refractivity (Wildman–Crippen MR) is 237 cm³/mol. The van der Waals surface area contributed by atoms with Crippen molar-refractivity contribution in [2.75, 3.05) is 52.9 Å². The van der Waals surface area contributed by atoms with Crippen molar-refractivity contribution in [1.29, 1.82) is 0 Å². The number of aliphatic carboxylic acids is 2. The quantitative estimate of drug-likeness (QED) is 0.0563. The number of nitrogens with one attached hydrogen (secondary N) is 5. The molecule has 2 unspecified atom stereocenters. The summed E-state index contributed by atoms with van der Waals surface area (Å²) < 4.78 is 35.4. The molecule has 65 heavy (non-hydrogen) atoms. The van der Waals surface area contributed by atoms with Crippen LogP contribution in [0.15, 0.2) is 52.2 Å². The Balaban J connectivity index is 0.000000285. The molecule has 2 saturated heterocycles. The number of carboxylic acids is 2. The van der Waals surface area contributed by atoms with Crippen LogP contribution >= 0.6 is 0 Å². The van der Waals surface area contributed by atoms with Crippen LogP contribution in [0.3, 0.4) is 0 Å². The standard InChI is InChI=1S/C22H30N6O4S.C20H28N4O8/c1-5-7-17-19-20(27(4)25-17)22(29)24-21(23-19)16-14-15(8-9-18(16)32-6-2)33(30,31)28-12-10-26(3)11-13-28;25-15(7-9-17(27)28)21-11-3-1-5-13-19(31)24-14(20(32)23-13)6-2-4-12-22-16(26)8-10-18(29)30/h8-9,14H,5-7,10-13H2,1-4H3,(H,23,24,29);7-10,13-14H,1-6,11-12H2,(H,21,25)(H,22,26)(H,23,32)(H,24,31)(H,27,28)(H,29,30)/b;9-7+,10-8+. The molecule has 2 fully saturated rings. The molecule has 5 rings (SSSR count). The van der Waals surface area contributed by atoms with Gasteiger partial charge in [-0.05, 0) is 77.1 Å². The van der Waals surface area contributed by atoms with Gasteiger partial charge in [-0.1, -0.05) is 13.3 Å². The van der Waals surface area contributed by atoms with Crippen molar-refractivity contribution in [3.05, 3.63) is 58.6 Å². The van der Waals surface area contributed by atoms with Crippen molar-refractivity contribution in [1.82, 2.24) is 50.2 Å². The van der Waals surface area contributed by atoms with Crippen LogP contribution in [0, 0.1) is 0 Å². The highest BCUT2D eigenvalue weighted by molar-refractivity contribution is 7.89. The van der Waals surface area contributed by atoms with E-state index in [-0.39, 0.29) is 28.1 Å². The number of hydrogen-bond donors (Lipinski definition) is 7. The van der Waals surface area contributed by atoms with Gasteiger partial charge in [-0.2, -0.15) is 9.40 Å². The minimum absolute atomic E-state index is 0.147. The second-order valence-corrected chi connectivity index (χ2v) is 17.2. The Morgan fingerprint density at radius 1 is 0.831 bits per heavy atom. The molecule has 2 aromatic heterocycles.